The SMILES string of the molecule is CN(C)[NH+]=C(N)c1ccccc1.[Cl-]. The minimum absolute atomic E-state index is 0. The number of nitrogens with two attached hydrogens (primary N) is 1. The van der Waals surface area contributed by atoms with Crippen LogP contribution in [0.5, 0.6) is 0 Å². The van der Waals surface area contributed by atoms with Gasteiger partial charge in [0.1, 0.15) is 0 Å². The molecule has 0 bridgehead atoms. The maximum Gasteiger partial charge on any atom is 0.295 e. The van der Waals surface area contributed by atoms with Crippen molar-refractivity contribution >= 4 is 5.84 Å². The molecule has 0 aliphatic carbocycles. The van der Waals surface area contributed by atoms with Crippen LogP contribution in [0.4, 0.5) is 0 Å². The summed E-state index contributed by atoms with van der Waals surface area (Å²) in [6.07, 6.45) is 0. The van der Waals surface area contributed by atoms with Crippen LogP contribution < -0.4 is 23.2 Å². The average molecular weight is 200 g/mol. The predicted octanol–water partition coefficient (Wildman–Crippen LogP) is -4.05. The lowest BCUT2D eigenvalue weighted by atomic mass is 10.2. The summed E-state index contributed by atoms with van der Waals surface area (Å²) in [5.41, 5.74) is 6.77. The first-order valence-corrected chi connectivity index (χ1v) is 3.82. The number of halogens is 1. The van der Waals surface area contributed by atoms with Crippen molar-refractivity contribution in [1.82, 2.24) is 5.01 Å². The summed E-state index contributed by atoms with van der Waals surface area (Å²) < 4.78 is 0. The summed E-state index contributed by atoms with van der Waals surface area (Å²) in [4.78, 5) is 0. The highest BCUT2D eigenvalue weighted by atomic mass is 35.5. The largest absolute Gasteiger partial charge is 1.00 e. The third-order valence-corrected chi connectivity index (χ3v) is 1.43. The van der Waals surface area contributed by atoms with E-state index in [1.165, 1.54) is 0 Å². The molecule has 0 aliphatic heterocycles. The number of rotatable bonds is 2. The molecule has 1 rings (SSSR count). The topological polar surface area (TPSA) is 43.2 Å². The van der Waals surface area contributed by atoms with E-state index in [9.17, 15) is 0 Å². The number of nitrogen functional groups attached to an aromatic ring is 1. The zero-order chi connectivity index (χ0) is 8.97. The van der Waals surface area contributed by atoms with Crippen molar-refractivity contribution in [2.24, 2.45) is 5.73 Å². The summed E-state index contributed by atoms with van der Waals surface area (Å²) in [6, 6.07) is 9.81. The van der Waals surface area contributed by atoms with Crippen LogP contribution in [0.25, 0.3) is 0 Å². The van der Waals surface area contributed by atoms with E-state index in [0.717, 1.165) is 5.56 Å². The third-order valence-electron chi connectivity index (χ3n) is 1.43. The monoisotopic (exact) mass is 199 g/mol. The minimum Gasteiger partial charge on any atom is -1.00 e. The fourth-order valence-electron chi connectivity index (χ4n) is 0.923. The molecule has 1 aromatic rings. The molecule has 0 heterocycles. The molecule has 13 heavy (non-hydrogen) atoms. The van der Waals surface area contributed by atoms with Crippen LogP contribution in [0, 0.1) is 0 Å². The Bertz CT molecular complexity index is 269. The standard InChI is InChI=1S/C9H13N3.ClH/c1-12(2)11-9(10)8-6-4-3-5-7-8;/h3-7H,1-2H3,(H2,10,11);1H. The molecule has 0 atom stereocenters. The maximum absolute atomic E-state index is 5.76. The summed E-state index contributed by atoms with van der Waals surface area (Å²) >= 11 is 0. The van der Waals surface area contributed by atoms with Crippen molar-refractivity contribution in [3.05, 3.63) is 35.9 Å². The Balaban J connectivity index is 0.00000144. The normalized spacial score (nSPS) is 10.5. The van der Waals surface area contributed by atoms with Crippen molar-refractivity contribution < 1.29 is 17.5 Å². The van der Waals surface area contributed by atoms with E-state index in [2.05, 4.69) is 5.10 Å². The molecule has 4 heteroatoms. The highest BCUT2D eigenvalue weighted by Crippen LogP contribution is 1.93. The Morgan fingerprint density at radius 1 is 1.23 bits per heavy atom. The van der Waals surface area contributed by atoms with Crippen LogP contribution in [0.3, 0.4) is 0 Å². The molecule has 0 aliphatic rings. The highest BCUT2D eigenvalue weighted by Gasteiger charge is 2.01. The van der Waals surface area contributed by atoms with E-state index >= 15 is 0 Å². The molecule has 0 amide bonds. The quantitative estimate of drug-likeness (QED) is 0.289. The smallest absolute Gasteiger partial charge is 0.295 e. The second-order valence-corrected chi connectivity index (χ2v) is 2.79. The Labute approximate surface area is 84.6 Å². The van der Waals surface area contributed by atoms with Gasteiger partial charge in [-0.05, 0) is 12.1 Å². The van der Waals surface area contributed by atoms with Crippen molar-refractivity contribution in [1.29, 1.82) is 0 Å². The lowest BCUT2D eigenvalue weighted by Gasteiger charge is -2.02. The fraction of sp³-hybridized carbons (Fsp3) is 0.222. The van der Waals surface area contributed by atoms with E-state index in [4.69, 9.17) is 5.73 Å². The van der Waals surface area contributed by atoms with Gasteiger partial charge in [-0.3, -0.25) is 10.7 Å². The molecule has 0 spiro atoms. The van der Waals surface area contributed by atoms with Crippen molar-refractivity contribution in [3.8, 4) is 0 Å². The van der Waals surface area contributed by atoms with Crippen molar-refractivity contribution in [3.63, 3.8) is 0 Å². The zero-order valence-corrected chi connectivity index (χ0v) is 8.55. The zero-order valence-electron chi connectivity index (χ0n) is 7.79. The van der Waals surface area contributed by atoms with Gasteiger partial charge >= 0.3 is 0 Å². The van der Waals surface area contributed by atoms with E-state index in [-0.39, 0.29) is 12.4 Å². The molecule has 72 valence electrons. The number of nitrogens with zero attached hydrogens (tertiary/aromatic N) is 1. The van der Waals surface area contributed by atoms with E-state index in [0.29, 0.717) is 5.84 Å². The number of hydrazine groups is 1. The van der Waals surface area contributed by atoms with Gasteiger partial charge in [0.2, 0.25) is 0 Å². The van der Waals surface area contributed by atoms with Gasteiger partial charge in [-0.15, -0.1) is 0 Å². The molecule has 0 saturated carbocycles. The first kappa shape index (κ1) is 11.8. The number of hydrogen-bond acceptors (Lipinski definition) is 1. The van der Waals surface area contributed by atoms with Crippen LogP contribution in [-0.2, 0) is 0 Å². The van der Waals surface area contributed by atoms with Crippen molar-refractivity contribution in [2.45, 2.75) is 0 Å². The van der Waals surface area contributed by atoms with E-state index in [1.807, 2.05) is 49.4 Å². The average Bonchev–Trinajstić information content (AvgIpc) is 2.05. The Kier molecular flexibility index (Phi) is 4.92. The van der Waals surface area contributed by atoms with Gasteiger partial charge < -0.3 is 12.4 Å². The molecule has 0 fully saturated rings. The fourth-order valence-corrected chi connectivity index (χ4v) is 0.923. The third kappa shape index (κ3) is 3.80. The van der Waals surface area contributed by atoms with Crippen molar-refractivity contribution in [2.75, 3.05) is 14.1 Å². The molecule has 0 unspecified atom stereocenters. The number of hydrogen-bond donors (Lipinski definition) is 2. The molecule has 0 aromatic heterocycles. The Morgan fingerprint density at radius 2 is 1.77 bits per heavy atom. The first-order valence-electron chi connectivity index (χ1n) is 3.82. The van der Waals surface area contributed by atoms with Crippen LogP contribution >= 0.6 is 0 Å². The van der Waals surface area contributed by atoms with Crippen LogP contribution in [0.2, 0.25) is 0 Å². The molecule has 1 aromatic carbocycles. The van der Waals surface area contributed by atoms with Crippen LogP contribution in [-0.4, -0.2) is 24.9 Å². The van der Waals surface area contributed by atoms with Gasteiger partial charge in [0.05, 0.1) is 5.56 Å². The Hall–Kier alpha value is -1.22. The predicted molar refractivity (Wildman–Crippen MR) is 49.4 cm³/mol. The highest BCUT2D eigenvalue weighted by molar-refractivity contribution is 5.92. The molecule has 0 saturated heterocycles. The van der Waals surface area contributed by atoms with Gasteiger partial charge in [-0.25, -0.2) is 0 Å². The van der Waals surface area contributed by atoms with Gasteiger partial charge in [0, 0.05) is 14.1 Å². The molecule has 0 radical (unpaired) electrons. The number of amidine groups is 1. The number of nitrogens with one attached hydrogen (secondary N) is 1. The van der Waals surface area contributed by atoms with Crippen LogP contribution in [0.1, 0.15) is 5.56 Å². The minimum atomic E-state index is 0. The van der Waals surface area contributed by atoms with E-state index < -0.39 is 0 Å². The van der Waals surface area contributed by atoms with Gasteiger partial charge in [-0.2, -0.15) is 5.10 Å². The van der Waals surface area contributed by atoms with Gasteiger partial charge in [0.25, 0.3) is 5.84 Å². The first-order chi connectivity index (χ1) is 5.70. The molecule has 3 N–H and O–H groups in total. The molecule has 3 nitrogen and oxygen atoms in total. The van der Waals surface area contributed by atoms with Gasteiger partial charge in [0.15, 0.2) is 0 Å². The number of hydrazone groups is 1. The summed E-state index contributed by atoms with van der Waals surface area (Å²) in [5.74, 6) is 0.667. The number of benzene rings is 1. The van der Waals surface area contributed by atoms with Crippen LogP contribution in [0.15, 0.2) is 30.3 Å². The van der Waals surface area contributed by atoms with Gasteiger partial charge in [-0.1, -0.05) is 18.2 Å². The lowest BCUT2D eigenvalue weighted by molar-refractivity contribution is -0.631. The second-order valence-electron chi connectivity index (χ2n) is 2.79. The molecular formula is C9H14ClN3. The summed E-state index contributed by atoms with van der Waals surface area (Å²) in [6.45, 7) is 0. The van der Waals surface area contributed by atoms with E-state index in [1.54, 1.807) is 0 Å². The summed E-state index contributed by atoms with van der Waals surface area (Å²) in [7, 11) is 3.80. The molecular weight excluding hydrogens is 186 g/mol. The maximum atomic E-state index is 5.76. The summed E-state index contributed by atoms with van der Waals surface area (Å²) in [5, 5.41) is 4.79. The Morgan fingerprint density at radius 3 is 2.23 bits per heavy atom. The second kappa shape index (κ2) is 5.43. The lowest BCUT2D eigenvalue weighted by Crippen LogP contribution is -3.00.